The molecule has 0 unspecified atom stereocenters. The van der Waals surface area contributed by atoms with E-state index < -0.39 is 5.97 Å². The van der Waals surface area contributed by atoms with Crippen LogP contribution in [-0.4, -0.2) is 22.6 Å². The average Bonchev–Trinajstić information content (AvgIpc) is 2.68. The topological polar surface area (TPSA) is 61.2 Å². The summed E-state index contributed by atoms with van der Waals surface area (Å²) in [6.07, 6.45) is 0.0783. The lowest BCUT2D eigenvalue weighted by atomic mass is 10.2. The van der Waals surface area contributed by atoms with Crippen molar-refractivity contribution >= 4 is 28.6 Å². The minimum absolute atomic E-state index is 0.0527. The Morgan fingerprint density at radius 1 is 1.22 bits per heavy atom. The van der Waals surface area contributed by atoms with Gasteiger partial charge in [-0.3, -0.25) is 14.2 Å². The lowest BCUT2D eigenvalue weighted by molar-refractivity contribution is -0.140. The zero-order valence-corrected chi connectivity index (χ0v) is 15.8. The van der Waals surface area contributed by atoms with Gasteiger partial charge in [-0.25, -0.2) is 9.37 Å². The highest BCUT2D eigenvalue weighted by Gasteiger charge is 2.16. The highest BCUT2D eigenvalue weighted by molar-refractivity contribution is 7.99. The van der Waals surface area contributed by atoms with Crippen molar-refractivity contribution in [2.75, 3.05) is 7.11 Å². The van der Waals surface area contributed by atoms with Crippen LogP contribution in [0.25, 0.3) is 10.9 Å². The van der Waals surface area contributed by atoms with Crippen LogP contribution in [0.3, 0.4) is 0 Å². The van der Waals surface area contributed by atoms with Gasteiger partial charge in [-0.1, -0.05) is 36.0 Å². The molecule has 1 heterocycles. The smallest absolute Gasteiger partial charge is 0.307 e. The molecule has 0 radical (unpaired) electrons. The number of hydrogen-bond donors (Lipinski definition) is 0. The van der Waals surface area contributed by atoms with Gasteiger partial charge in [0, 0.05) is 11.8 Å². The molecule has 1 aromatic heterocycles. The van der Waals surface area contributed by atoms with Gasteiger partial charge in [-0.2, -0.15) is 0 Å². The lowest BCUT2D eigenvalue weighted by Crippen LogP contribution is -2.25. The standard InChI is InChI=1S/C20H19FN2O3S/c1-13(14-7-9-15(21)10-8-14)27-20-22-17-6-4-3-5-16(17)19(25)23(20)12-11-18(24)26-2/h3-10,13H,11-12H2,1-2H3/t13-/m1/s1. The first-order chi connectivity index (χ1) is 13.0. The number of ether oxygens (including phenoxy) is 1. The summed E-state index contributed by atoms with van der Waals surface area (Å²) in [5.74, 6) is -0.688. The van der Waals surface area contributed by atoms with Crippen LogP contribution in [0.15, 0.2) is 58.5 Å². The maximum Gasteiger partial charge on any atom is 0.307 e. The van der Waals surface area contributed by atoms with Gasteiger partial charge < -0.3 is 4.74 Å². The summed E-state index contributed by atoms with van der Waals surface area (Å²) in [5, 5.41) is 0.962. The largest absolute Gasteiger partial charge is 0.469 e. The highest BCUT2D eigenvalue weighted by Crippen LogP contribution is 2.34. The van der Waals surface area contributed by atoms with E-state index in [9.17, 15) is 14.0 Å². The summed E-state index contributed by atoms with van der Waals surface area (Å²) < 4.78 is 19.4. The number of carbonyl (C=O) groups is 1. The lowest BCUT2D eigenvalue weighted by Gasteiger charge is -2.16. The van der Waals surface area contributed by atoms with Crippen molar-refractivity contribution in [3.8, 4) is 0 Å². The Labute approximate surface area is 160 Å². The third-order valence-corrected chi connectivity index (χ3v) is 5.36. The van der Waals surface area contributed by atoms with Crippen molar-refractivity contribution in [1.82, 2.24) is 9.55 Å². The first-order valence-electron chi connectivity index (χ1n) is 8.48. The molecule has 1 atom stereocenters. The number of aromatic nitrogens is 2. The van der Waals surface area contributed by atoms with E-state index in [0.717, 1.165) is 5.56 Å². The summed E-state index contributed by atoms with van der Waals surface area (Å²) >= 11 is 1.39. The van der Waals surface area contributed by atoms with E-state index in [2.05, 4.69) is 9.72 Å². The molecular weight excluding hydrogens is 367 g/mol. The fraction of sp³-hybridized carbons (Fsp3) is 0.250. The monoisotopic (exact) mass is 386 g/mol. The van der Waals surface area contributed by atoms with Crippen LogP contribution in [0, 0.1) is 5.82 Å². The van der Waals surface area contributed by atoms with Crippen LogP contribution in [0.4, 0.5) is 4.39 Å². The van der Waals surface area contributed by atoms with Crippen LogP contribution in [0.1, 0.15) is 24.2 Å². The number of methoxy groups -OCH3 is 1. The Morgan fingerprint density at radius 2 is 1.93 bits per heavy atom. The van der Waals surface area contributed by atoms with Gasteiger partial charge in [0.25, 0.3) is 5.56 Å². The molecule has 140 valence electrons. The Kier molecular flexibility index (Phi) is 5.91. The number of nitrogens with zero attached hydrogens (tertiary/aromatic N) is 2. The van der Waals surface area contributed by atoms with Crippen LogP contribution in [-0.2, 0) is 16.1 Å². The Morgan fingerprint density at radius 3 is 2.63 bits per heavy atom. The number of halogens is 1. The van der Waals surface area contributed by atoms with Gasteiger partial charge in [0.15, 0.2) is 5.16 Å². The van der Waals surface area contributed by atoms with Crippen LogP contribution in [0.2, 0.25) is 0 Å². The van der Waals surface area contributed by atoms with Crippen molar-refractivity contribution < 1.29 is 13.9 Å². The minimum Gasteiger partial charge on any atom is -0.469 e. The molecule has 0 saturated carbocycles. The van der Waals surface area contributed by atoms with Crippen molar-refractivity contribution in [1.29, 1.82) is 0 Å². The third-order valence-electron chi connectivity index (χ3n) is 4.22. The fourth-order valence-corrected chi connectivity index (χ4v) is 3.76. The maximum absolute atomic E-state index is 13.2. The van der Waals surface area contributed by atoms with E-state index in [1.165, 1.54) is 35.6 Å². The summed E-state index contributed by atoms with van der Waals surface area (Å²) in [5.41, 5.74) is 1.33. The molecule has 0 bridgehead atoms. The molecular formula is C20H19FN2O3S. The first-order valence-corrected chi connectivity index (χ1v) is 9.36. The second-order valence-corrected chi connectivity index (χ2v) is 7.31. The molecule has 0 aliphatic rings. The van der Waals surface area contributed by atoms with E-state index in [0.29, 0.717) is 16.1 Å². The molecule has 2 aromatic carbocycles. The van der Waals surface area contributed by atoms with Crippen molar-refractivity contribution in [2.45, 2.75) is 30.3 Å². The van der Waals surface area contributed by atoms with Gasteiger partial charge in [0.05, 0.1) is 24.4 Å². The molecule has 3 aromatic rings. The van der Waals surface area contributed by atoms with E-state index in [-0.39, 0.29) is 29.6 Å². The zero-order valence-electron chi connectivity index (χ0n) is 15.0. The second-order valence-electron chi connectivity index (χ2n) is 6.01. The number of para-hydroxylation sites is 1. The molecule has 0 amide bonds. The molecule has 7 heteroatoms. The summed E-state index contributed by atoms with van der Waals surface area (Å²) in [7, 11) is 1.32. The quantitative estimate of drug-likeness (QED) is 0.365. The molecule has 27 heavy (non-hydrogen) atoms. The predicted octanol–water partition coefficient (Wildman–Crippen LogP) is 3.95. The van der Waals surface area contributed by atoms with Gasteiger partial charge in [-0.05, 0) is 36.8 Å². The van der Waals surface area contributed by atoms with E-state index in [1.54, 1.807) is 30.3 Å². The Bertz CT molecular complexity index is 1020. The number of fused-ring (bicyclic) bond motifs is 1. The van der Waals surface area contributed by atoms with E-state index in [1.807, 2.05) is 13.0 Å². The Balaban J connectivity index is 1.99. The molecule has 0 aliphatic carbocycles. The molecule has 5 nitrogen and oxygen atoms in total. The second kappa shape index (κ2) is 8.35. The molecule has 0 spiro atoms. The SMILES string of the molecule is COC(=O)CCn1c(S[C@H](C)c2ccc(F)cc2)nc2ccccc2c1=O. The Hall–Kier alpha value is -2.67. The van der Waals surface area contributed by atoms with Crippen molar-refractivity contribution in [3.63, 3.8) is 0 Å². The van der Waals surface area contributed by atoms with Crippen molar-refractivity contribution in [3.05, 3.63) is 70.3 Å². The number of thioether (sulfide) groups is 1. The zero-order chi connectivity index (χ0) is 19.4. The van der Waals surface area contributed by atoms with E-state index in [4.69, 9.17) is 0 Å². The van der Waals surface area contributed by atoms with Gasteiger partial charge >= 0.3 is 5.97 Å². The predicted molar refractivity (Wildman–Crippen MR) is 103 cm³/mol. The summed E-state index contributed by atoms with van der Waals surface area (Å²) in [6, 6.07) is 13.4. The van der Waals surface area contributed by atoms with Gasteiger partial charge in [-0.15, -0.1) is 0 Å². The summed E-state index contributed by atoms with van der Waals surface area (Å²) in [4.78, 5) is 29.1. The summed E-state index contributed by atoms with van der Waals surface area (Å²) in [6.45, 7) is 2.14. The molecule has 0 aliphatic heterocycles. The third kappa shape index (κ3) is 4.36. The van der Waals surface area contributed by atoms with E-state index >= 15 is 0 Å². The fourth-order valence-electron chi connectivity index (χ4n) is 2.70. The van der Waals surface area contributed by atoms with Crippen LogP contribution >= 0.6 is 11.8 Å². The number of benzene rings is 2. The normalized spacial score (nSPS) is 12.1. The molecule has 3 rings (SSSR count). The number of rotatable bonds is 6. The minimum atomic E-state index is -0.391. The first kappa shape index (κ1) is 19.1. The van der Waals surface area contributed by atoms with Crippen LogP contribution < -0.4 is 5.56 Å². The molecule has 0 saturated heterocycles. The van der Waals surface area contributed by atoms with Gasteiger partial charge in [0.2, 0.25) is 0 Å². The van der Waals surface area contributed by atoms with Crippen molar-refractivity contribution in [2.24, 2.45) is 0 Å². The van der Waals surface area contributed by atoms with Crippen LogP contribution in [0.5, 0.6) is 0 Å². The average molecular weight is 386 g/mol. The molecule has 0 N–H and O–H groups in total. The number of esters is 1. The number of carbonyl (C=O) groups excluding carboxylic acids is 1. The highest BCUT2D eigenvalue weighted by atomic mass is 32.2. The number of hydrogen-bond acceptors (Lipinski definition) is 5. The van der Waals surface area contributed by atoms with Gasteiger partial charge in [0.1, 0.15) is 5.82 Å². The molecule has 0 fully saturated rings. The maximum atomic E-state index is 13.2.